The first-order valence-electron chi connectivity index (χ1n) is 9.13. The number of amides is 1. The summed E-state index contributed by atoms with van der Waals surface area (Å²) in [7, 11) is 1.53. The number of carbonyl (C=O) groups excluding carboxylic acids is 2. The molecule has 170 valence electrons. The van der Waals surface area contributed by atoms with Crippen molar-refractivity contribution in [3.8, 4) is 0 Å². The molecule has 1 aliphatic rings. The van der Waals surface area contributed by atoms with Gasteiger partial charge < -0.3 is 5.32 Å². The molecule has 0 aliphatic heterocycles. The Morgan fingerprint density at radius 3 is 2.69 bits per heavy atom. The molecule has 14 heteroatoms. The van der Waals surface area contributed by atoms with Gasteiger partial charge >= 0.3 is 6.18 Å². The van der Waals surface area contributed by atoms with Gasteiger partial charge in [-0.3, -0.25) is 14.3 Å². The molecule has 1 fully saturated rings. The Hall–Kier alpha value is -2.61. The van der Waals surface area contributed by atoms with Crippen molar-refractivity contribution >= 4 is 45.8 Å². The highest BCUT2D eigenvalue weighted by Gasteiger charge is 2.61. The number of hydrogen-bond acceptors (Lipinski definition) is 7. The lowest BCUT2D eigenvalue weighted by Crippen LogP contribution is -2.26. The number of thioether (sulfide) groups is 1. The van der Waals surface area contributed by atoms with Gasteiger partial charge in [-0.05, 0) is 12.1 Å². The van der Waals surface area contributed by atoms with Crippen LogP contribution in [0.4, 0.5) is 22.0 Å². The zero-order chi connectivity index (χ0) is 23.3. The van der Waals surface area contributed by atoms with Crippen LogP contribution in [0.5, 0.6) is 0 Å². The lowest BCUT2D eigenvalue weighted by Gasteiger charge is -2.07. The number of nitrogens with one attached hydrogen (secondary N) is 1. The van der Waals surface area contributed by atoms with Crippen molar-refractivity contribution in [3.05, 3.63) is 33.9 Å². The first-order chi connectivity index (χ1) is 14.9. The number of aromatic nitrogens is 4. The Morgan fingerprint density at radius 2 is 2.03 bits per heavy atom. The fourth-order valence-electron chi connectivity index (χ4n) is 2.85. The van der Waals surface area contributed by atoms with Crippen LogP contribution < -0.4 is 5.32 Å². The Kier molecular flexibility index (Phi) is 5.69. The van der Waals surface area contributed by atoms with Crippen LogP contribution in [0.25, 0.3) is 11.0 Å². The molecular formula is C18H14F5N5O2S2. The first kappa shape index (κ1) is 22.6. The second-order valence-corrected chi connectivity index (χ2v) is 9.24. The average molecular weight is 491 g/mol. The summed E-state index contributed by atoms with van der Waals surface area (Å²) in [5.74, 6) is -6.87. The Bertz CT molecular complexity index is 1210. The number of halogens is 5. The summed E-state index contributed by atoms with van der Waals surface area (Å²) in [5, 5.41) is 6.58. The third-order valence-electron chi connectivity index (χ3n) is 4.57. The van der Waals surface area contributed by atoms with E-state index in [1.807, 2.05) is 0 Å². The van der Waals surface area contributed by atoms with E-state index in [1.165, 1.54) is 24.0 Å². The number of hydrogen-bond donors (Lipinski definition) is 1. The molecule has 0 radical (unpaired) electrons. The summed E-state index contributed by atoms with van der Waals surface area (Å²) < 4.78 is 66.4. The van der Waals surface area contributed by atoms with Crippen LogP contribution in [0.2, 0.25) is 0 Å². The van der Waals surface area contributed by atoms with Crippen LogP contribution in [0.3, 0.4) is 0 Å². The van der Waals surface area contributed by atoms with Gasteiger partial charge in [-0.25, -0.2) is 18.7 Å². The van der Waals surface area contributed by atoms with Crippen LogP contribution in [0.1, 0.15) is 26.8 Å². The molecule has 32 heavy (non-hydrogen) atoms. The number of aryl methyl sites for hydroxylation is 1. The number of thiophene rings is 1. The SMILES string of the molecule is Cn1cc2c(SCC(=O)c3ccc(CNC(=O)C4CC4(F)F)s3)nc(C(F)(F)F)nc2n1. The molecule has 0 aromatic carbocycles. The molecular weight excluding hydrogens is 477 g/mol. The Balaban J connectivity index is 1.41. The van der Waals surface area contributed by atoms with E-state index in [1.54, 1.807) is 6.07 Å². The molecule has 3 aromatic heterocycles. The minimum Gasteiger partial charge on any atom is -0.351 e. The van der Waals surface area contributed by atoms with Gasteiger partial charge in [0.1, 0.15) is 10.9 Å². The number of carbonyl (C=O) groups is 2. The van der Waals surface area contributed by atoms with E-state index in [4.69, 9.17) is 0 Å². The fraction of sp³-hybridized carbons (Fsp3) is 0.389. The third kappa shape index (κ3) is 4.75. The van der Waals surface area contributed by atoms with Crippen LogP contribution in [-0.2, 0) is 24.6 Å². The summed E-state index contributed by atoms with van der Waals surface area (Å²) in [6.45, 7) is 0.00760. The molecule has 0 bridgehead atoms. The van der Waals surface area contributed by atoms with Crippen molar-refractivity contribution in [2.24, 2.45) is 13.0 Å². The molecule has 0 saturated heterocycles. The van der Waals surface area contributed by atoms with Crippen molar-refractivity contribution in [2.75, 3.05) is 5.75 Å². The largest absolute Gasteiger partial charge is 0.451 e. The highest BCUT2D eigenvalue weighted by atomic mass is 32.2. The van der Waals surface area contributed by atoms with Gasteiger partial charge in [-0.15, -0.1) is 11.3 Å². The second kappa shape index (κ2) is 8.06. The normalized spacial score (nSPS) is 17.5. The maximum atomic E-state index is 13.1. The summed E-state index contributed by atoms with van der Waals surface area (Å²) >= 11 is 1.91. The molecule has 7 nitrogen and oxygen atoms in total. The number of nitrogens with zero attached hydrogens (tertiary/aromatic N) is 4. The van der Waals surface area contributed by atoms with Gasteiger partial charge in [0, 0.05) is 24.5 Å². The maximum Gasteiger partial charge on any atom is 0.451 e. The van der Waals surface area contributed by atoms with Crippen molar-refractivity contribution < 1.29 is 31.5 Å². The van der Waals surface area contributed by atoms with Crippen LogP contribution in [0, 0.1) is 5.92 Å². The number of fused-ring (bicyclic) bond motifs is 1. The lowest BCUT2D eigenvalue weighted by molar-refractivity contribution is -0.145. The molecule has 1 atom stereocenters. The molecule has 1 amide bonds. The molecule has 1 aliphatic carbocycles. The molecule has 1 saturated carbocycles. The van der Waals surface area contributed by atoms with E-state index in [9.17, 15) is 31.5 Å². The highest BCUT2D eigenvalue weighted by molar-refractivity contribution is 8.00. The Labute approximate surface area is 185 Å². The monoisotopic (exact) mass is 491 g/mol. The minimum atomic E-state index is -4.76. The van der Waals surface area contributed by atoms with Crippen LogP contribution >= 0.6 is 23.1 Å². The van der Waals surface area contributed by atoms with Crippen LogP contribution in [0.15, 0.2) is 23.4 Å². The van der Waals surface area contributed by atoms with E-state index in [-0.39, 0.29) is 28.8 Å². The summed E-state index contributed by atoms with van der Waals surface area (Å²) in [5.41, 5.74) is -0.125. The topological polar surface area (TPSA) is 89.8 Å². The fourth-order valence-corrected chi connectivity index (χ4v) is 4.70. The van der Waals surface area contributed by atoms with Crippen LogP contribution in [-0.4, -0.2) is 43.1 Å². The van der Waals surface area contributed by atoms with Crippen molar-refractivity contribution in [3.63, 3.8) is 0 Å². The van der Waals surface area contributed by atoms with Gasteiger partial charge in [0.05, 0.1) is 22.6 Å². The van der Waals surface area contributed by atoms with Gasteiger partial charge in [-0.2, -0.15) is 18.3 Å². The van der Waals surface area contributed by atoms with Crippen molar-refractivity contribution in [1.82, 2.24) is 25.1 Å². The zero-order valence-electron chi connectivity index (χ0n) is 16.2. The number of Topliss-reactive ketones (excluding diaryl/α,β-unsaturated/α-hetero) is 1. The van der Waals surface area contributed by atoms with Crippen molar-refractivity contribution in [2.45, 2.75) is 30.1 Å². The quantitative estimate of drug-likeness (QED) is 0.235. The number of ketones is 1. The predicted molar refractivity (Wildman–Crippen MR) is 106 cm³/mol. The lowest BCUT2D eigenvalue weighted by atomic mass is 10.3. The maximum absolute atomic E-state index is 13.1. The molecule has 3 aromatic rings. The third-order valence-corrected chi connectivity index (χ3v) is 6.69. The predicted octanol–water partition coefficient (Wildman–Crippen LogP) is 3.69. The number of alkyl halides is 5. The van der Waals surface area contributed by atoms with E-state index in [2.05, 4.69) is 20.4 Å². The molecule has 4 rings (SSSR count). The number of rotatable bonds is 7. The van der Waals surface area contributed by atoms with E-state index >= 15 is 0 Å². The van der Waals surface area contributed by atoms with E-state index < -0.39 is 36.2 Å². The average Bonchev–Trinajstić information content (AvgIpc) is 3.06. The molecule has 1 N–H and O–H groups in total. The minimum absolute atomic E-state index is 0.00760. The molecule has 0 spiro atoms. The van der Waals surface area contributed by atoms with E-state index in [0.29, 0.717) is 15.1 Å². The summed E-state index contributed by atoms with van der Waals surface area (Å²) in [6, 6.07) is 3.10. The van der Waals surface area contributed by atoms with E-state index in [0.717, 1.165) is 23.1 Å². The summed E-state index contributed by atoms with van der Waals surface area (Å²) in [4.78, 5) is 32.1. The standard InChI is InChI=1S/C18H14F5N5O2S2/c1-28-6-9-13(27-28)25-16(18(21,22)23)26-15(9)31-7-11(29)12-3-2-8(32-12)5-24-14(30)10-4-17(10,19)20/h2-3,6,10H,4-5,7H2,1H3,(H,24,30). The second-order valence-electron chi connectivity index (χ2n) is 7.10. The van der Waals surface area contributed by atoms with Gasteiger partial charge in [0.15, 0.2) is 11.4 Å². The van der Waals surface area contributed by atoms with Gasteiger partial charge in [0.2, 0.25) is 11.7 Å². The van der Waals surface area contributed by atoms with Gasteiger partial charge in [0.25, 0.3) is 5.92 Å². The Morgan fingerprint density at radius 1 is 1.31 bits per heavy atom. The van der Waals surface area contributed by atoms with Crippen molar-refractivity contribution in [1.29, 1.82) is 0 Å². The van der Waals surface area contributed by atoms with Gasteiger partial charge in [-0.1, -0.05) is 11.8 Å². The zero-order valence-corrected chi connectivity index (χ0v) is 17.9. The summed E-state index contributed by atoms with van der Waals surface area (Å²) in [6.07, 6.45) is -3.76. The molecule has 1 unspecified atom stereocenters. The molecule has 3 heterocycles. The highest BCUT2D eigenvalue weighted by Crippen LogP contribution is 2.48. The first-order valence-corrected chi connectivity index (χ1v) is 10.9. The smallest absolute Gasteiger partial charge is 0.351 e.